The number of urea groups is 1. The second-order valence-electron chi connectivity index (χ2n) is 7.29. The van der Waals surface area contributed by atoms with Gasteiger partial charge in [-0.25, -0.2) is 4.79 Å². The van der Waals surface area contributed by atoms with Crippen LogP contribution in [0.15, 0.2) is 48.5 Å². The average molecular weight is 349 g/mol. The van der Waals surface area contributed by atoms with E-state index in [0.717, 1.165) is 37.4 Å². The Kier molecular flexibility index (Phi) is 5.09. The minimum absolute atomic E-state index is 0.00164. The number of rotatable bonds is 2. The van der Waals surface area contributed by atoms with Gasteiger partial charge in [0.15, 0.2) is 0 Å². The molecule has 0 spiro atoms. The quantitative estimate of drug-likeness (QED) is 0.856. The van der Waals surface area contributed by atoms with Gasteiger partial charge in [-0.3, -0.25) is 0 Å². The lowest BCUT2D eigenvalue weighted by Gasteiger charge is -2.30. The van der Waals surface area contributed by atoms with Crippen LogP contribution in [0.3, 0.4) is 0 Å². The standard InChI is InChI=1S/C22H27N3O/c26-22(25-16-13-18-9-3-4-10-19(18)17-25)23-20-11-5-6-12-21(20)24-14-7-1-2-8-15-24/h3-6,9-12H,1-2,7-8,13-17H2,(H,23,26). The predicted octanol–water partition coefficient (Wildman–Crippen LogP) is 4.66. The molecule has 4 heteroatoms. The van der Waals surface area contributed by atoms with E-state index in [9.17, 15) is 4.79 Å². The zero-order valence-electron chi connectivity index (χ0n) is 15.3. The summed E-state index contributed by atoms with van der Waals surface area (Å²) in [5.41, 5.74) is 4.70. The molecule has 26 heavy (non-hydrogen) atoms. The lowest BCUT2D eigenvalue weighted by molar-refractivity contribution is 0.206. The highest BCUT2D eigenvalue weighted by molar-refractivity contribution is 5.93. The van der Waals surface area contributed by atoms with E-state index in [1.54, 1.807) is 0 Å². The lowest BCUT2D eigenvalue weighted by Crippen LogP contribution is -2.39. The summed E-state index contributed by atoms with van der Waals surface area (Å²) in [7, 11) is 0. The molecule has 2 aliphatic heterocycles. The van der Waals surface area contributed by atoms with E-state index >= 15 is 0 Å². The molecule has 1 N–H and O–H groups in total. The molecule has 0 radical (unpaired) electrons. The Labute approximate surface area is 155 Å². The second-order valence-corrected chi connectivity index (χ2v) is 7.29. The third-order valence-corrected chi connectivity index (χ3v) is 5.51. The summed E-state index contributed by atoms with van der Waals surface area (Å²) in [6.07, 6.45) is 5.99. The fourth-order valence-electron chi connectivity index (χ4n) is 4.03. The van der Waals surface area contributed by atoms with Gasteiger partial charge >= 0.3 is 6.03 Å². The van der Waals surface area contributed by atoms with Crippen LogP contribution >= 0.6 is 0 Å². The number of hydrogen-bond acceptors (Lipinski definition) is 2. The van der Waals surface area contributed by atoms with Crippen molar-refractivity contribution in [1.82, 2.24) is 4.90 Å². The topological polar surface area (TPSA) is 35.6 Å². The predicted molar refractivity (Wildman–Crippen MR) is 107 cm³/mol. The highest BCUT2D eigenvalue weighted by atomic mass is 16.2. The molecule has 0 aliphatic carbocycles. The molecule has 0 bridgehead atoms. The first-order chi connectivity index (χ1) is 12.8. The van der Waals surface area contributed by atoms with E-state index in [1.165, 1.54) is 36.8 Å². The Bertz CT molecular complexity index is 765. The van der Waals surface area contributed by atoms with Crippen LogP contribution in [-0.4, -0.2) is 30.6 Å². The van der Waals surface area contributed by atoms with E-state index in [2.05, 4.69) is 46.6 Å². The maximum atomic E-state index is 12.9. The first-order valence-electron chi connectivity index (χ1n) is 9.78. The molecule has 136 valence electrons. The Morgan fingerprint density at radius 3 is 2.31 bits per heavy atom. The van der Waals surface area contributed by atoms with Crippen LogP contribution in [0.25, 0.3) is 0 Å². The van der Waals surface area contributed by atoms with Gasteiger partial charge in [0.2, 0.25) is 0 Å². The molecule has 0 unspecified atom stereocenters. The van der Waals surface area contributed by atoms with Crippen LogP contribution in [0.1, 0.15) is 36.8 Å². The van der Waals surface area contributed by atoms with Gasteiger partial charge in [-0.2, -0.15) is 0 Å². The SMILES string of the molecule is O=C(Nc1ccccc1N1CCCCCC1)N1CCc2ccccc2C1. The molecular formula is C22H27N3O. The molecule has 2 aromatic rings. The number of hydrogen-bond donors (Lipinski definition) is 1. The van der Waals surface area contributed by atoms with Gasteiger partial charge in [-0.15, -0.1) is 0 Å². The third-order valence-electron chi connectivity index (χ3n) is 5.51. The molecule has 1 fully saturated rings. The number of nitrogens with zero attached hydrogens (tertiary/aromatic N) is 2. The molecular weight excluding hydrogens is 322 g/mol. The zero-order chi connectivity index (χ0) is 17.8. The first-order valence-corrected chi connectivity index (χ1v) is 9.78. The number of carbonyl (C=O) groups is 1. The van der Waals surface area contributed by atoms with Crippen molar-refractivity contribution >= 4 is 17.4 Å². The van der Waals surface area contributed by atoms with Crippen molar-refractivity contribution in [3.8, 4) is 0 Å². The average Bonchev–Trinajstić information content (AvgIpc) is 2.97. The van der Waals surface area contributed by atoms with Crippen molar-refractivity contribution in [1.29, 1.82) is 0 Å². The van der Waals surface area contributed by atoms with Crippen LogP contribution in [0.2, 0.25) is 0 Å². The van der Waals surface area contributed by atoms with Gasteiger partial charge < -0.3 is 15.1 Å². The van der Waals surface area contributed by atoms with E-state index in [1.807, 2.05) is 17.0 Å². The fourth-order valence-corrected chi connectivity index (χ4v) is 4.03. The number of anilines is 2. The van der Waals surface area contributed by atoms with Gasteiger partial charge in [0, 0.05) is 26.2 Å². The maximum absolute atomic E-state index is 12.9. The molecule has 1 saturated heterocycles. The van der Waals surface area contributed by atoms with Crippen molar-refractivity contribution in [2.45, 2.75) is 38.6 Å². The molecule has 0 aromatic heterocycles. The molecule has 2 amide bonds. The summed E-state index contributed by atoms with van der Waals surface area (Å²) < 4.78 is 0. The van der Waals surface area contributed by atoms with Gasteiger partial charge in [0.1, 0.15) is 0 Å². The highest BCUT2D eigenvalue weighted by Crippen LogP contribution is 2.28. The summed E-state index contributed by atoms with van der Waals surface area (Å²) in [5, 5.41) is 3.17. The Morgan fingerprint density at radius 2 is 1.50 bits per heavy atom. The number of amides is 2. The van der Waals surface area contributed by atoms with E-state index in [-0.39, 0.29) is 6.03 Å². The van der Waals surface area contributed by atoms with Crippen molar-refractivity contribution in [3.63, 3.8) is 0 Å². The smallest absolute Gasteiger partial charge is 0.322 e. The minimum atomic E-state index is 0.00164. The van der Waals surface area contributed by atoms with Crippen molar-refractivity contribution in [3.05, 3.63) is 59.7 Å². The molecule has 2 heterocycles. The molecule has 2 aliphatic rings. The van der Waals surface area contributed by atoms with Gasteiger partial charge in [0.25, 0.3) is 0 Å². The number of para-hydroxylation sites is 2. The van der Waals surface area contributed by atoms with Crippen molar-refractivity contribution < 1.29 is 4.79 Å². The maximum Gasteiger partial charge on any atom is 0.322 e. The summed E-state index contributed by atoms with van der Waals surface area (Å²) in [5.74, 6) is 0. The monoisotopic (exact) mass is 349 g/mol. The molecule has 4 nitrogen and oxygen atoms in total. The number of benzene rings is 2. The van der Waals surface area contributed by atoms with E-state index in [4.69, 9.17) is 0 Å². The zero-order valence-corrected chi connectivity index (χ0v) is 15.3. The van der Waals surface area contributed by atoms with Gasteiger partial charge in [-0.1, -0.05) is 49.2 Å². The van der Waals surface area contributed by atoms with Crippen molar-refractivity contribution in [2.75, 3.05) is 29.9 Å². The number of fused-ring (bicyclic) bond motifs is 1. The Balaban J connectivity index is 1.48. The number of nitrogens with one attached hydrogen (secondary N) is 1. The summed E-state index contributed by atoms with van der Waals surface area (Å²) >= 11 is 0. The van der Waals surface area contributed by atoms with Gasteiger partial charge in [-0.05, 0) is 42.5 Å². The van der Waals surface area contributed by atoms with E-state index < -0.39 is 0 Å². The summed E-state index contributed by atoms with van der Waals surface area (Å²) in [6.45, 7) is 3.61. The second kappa shape index (κ2) is 7.81. The highest BCUT2D eigenvalue weighted by Gasteiger charge is 2.22. The minimum Gasteiger partial charge on any atom is -0.370 e. The summed E-state index contributed by atoms with van der Waals surface area (Å²) in [4.78, 5) is 17.2. The molecule has 4 rings (SSSR count). The lowest BCUT2D eigenvalue weighted by atomic mass is 10.0. The van der Waals surface area contributed by atoms with E-state index in [0.29, 0.717) is 6.54 Å². The fraction of sp³-hybridized carbons (Fsp3) is 0.409. The summed E-state index contributed by atoms with van der Waals surface area (Å²) in [6, 6.07) is 16.6. The molecule has 0 saturated carbocycles. The third kappa shape index (κ3) is 3.69. The van der Waals surface area contributed by atoms with Crippen LogP contribution in [0.5, 0.6) is 0 Å². The Morgan fingerprint density at radius 1 is 0.808 bits per heavy atom. The largest absolute Gasteiger partial charge is 0.370 e. The Hall–Kier alpha value is -2.49. The van der Waals surface area contributed by atoms with Crippen molar-refractivity contribution in [2.24, 2.45) is 0 Å². The number of carbonyl (C=O) groups excluding carboxylic acids is 1. The normalized spacial score (nSPS) is 17.4. The molecule has 0 atom stereocenters. The van der Waals surface area contributed by atoms with Crippen LogP contribution in [-0.2, 0) is 13.0 Å². The van der Waals surface area contributed by atoms with Crippen LogP contribution in [0.4, 0.5) is 16.2 Å². The van der Waals surface area contributed by atoms with Crippen LogP contribution < -0.4 is 10.2 Å². The van der Waals surface area contributed by atoms with Crippen LogP contribution in [0, 0.1) is 0 Å². The van der Waals surface area contributed by atoms with Gasteiger partial charge in [0.05, 0.1) is 11.4 Å². The molecule has 2 aromatic carbocycles. The first kappa shape index (κ1) is 17.0.